The average molecular weight is 226 g/mol. The lowest BCUT2D eigenvalue weighted by molar-refractivity contribution is 0.380. The van der Waals surface area contributed by atoms with Crippen LogP contribution in [0.5, 0.6) is 0 Å². The van der Waals surface area contributed by atoms with E-state index in [0.717, 1.165) is 11.1 Å². The summed E-state index contributed by atoms with van der Waals surface area (Å²) in [5, 5.41) is 3.99. The van der Waals surface area contributed by atoms with E-state index in [2.05, 4.69) is 34.3 Å². The van der Waals surface area contributed by atoms with Crippen LogP contribution in [0.4, 0.5) is 0 Å². The molecular weight excluding hydrogens is 212 g/mol. The maximum atomic E-state index is 5.20. The molecular formula is C14H14N2O. The minimum Gasteiger partial charge on any atom is -0.339 e. The maximum absolute atomic E-state index is 5.20. The second-order valence-corrected chi connectivity index (χ2v) is 4.03. The van der Waals surface area contributed by atoms with Crippen molar-refractivity contribution >= 4 is 0 Å². The Kier molecular flexibility index (Phi) is 3.24. The minimum absolute atomic E-state index is 0.596. The van der Waals surface area contributed by atoms with Crippen LogP contribution in [0.1, 0.15) is 23.4 Å². The molecule has 2 rings (SSSR count). The van der Waals surface area contributed by atoms with E-state index in [0.29, 0.717) is 24.6 Å². The quantitative estimate of drug-likeness (QED) is 0.755. The minimum atomic E-state index is 0.596. The van der Waals surface area contributed by atoms with E-state index in [9.17, 15) is 0 Å². The number of hydrogen-bond donors (Lipinski definition) is 0. The zero-order valence-electron chi connectivity index (χ0n) is 10.0. The van der Waals surface area contributed by atoms with Crippen LogP contribution in [0.25, 0.3) is 11.4 Å². The molecule has 0 aliphatic rings. The first-order valence-corrected chi connectivity index (χ1v) is 5.54. The summed E-state index contributed by atoms with van der Waals surface area (Å²) in [4.78, 5) is 4.35. The predicted octanol–water partition coefficient (Wildman–Crippen LogP) is 2.92. The average Bonchev–Trinajstić information content (AvgIpc) is 2.78. The number of aromatic nitrogens is 2. The van der Waals surface area contributed by atoms with Crippen molar-refractivity contribution in [1.29, 1.82) is 0 Å². The molecule has 0 saturated carbocycles. The summed E-state index contributed by atoms with van der Waals surface area (Å²) >= 11 is 0. The molecule has 0 radical (unpaired) electrons. The molecule has 0 N–H and O–H groups in total. The number of rotatable bonds is 3. The SMILES string of the molecule is C#CCCc1nc(-c2cc(C)ccc2C)no1. The van der Waals surface area contributed by atoms with Gasteiger partial charge < -0.3 is 4.52 Å². The highest BCUT2D eigenvalue weighted by molar-refractivity contribution is 5.60. The number of terminal acetylenes is 1. The van der Waals surface area contributed by atoms with Crippen LogP contribution in [-0.2, 0) is 6.42 Å². The zero-order chi connectivity index (χ0) is 12.3. The summed E-state index contributed by atoms with van der Waals surface area (Å²) < 4.78 is 5.16. The Hall–Kier alpha value is -2.08. The van der Waals surface area contributed by atoms with Crippen LogP contribution in [0, 0.1) is 26.2 Å². The molecule has 0 aliphatic heterocycles. The van der Waals surface area contributed by atoms with Crippen LogP contribution in [0.2, 0.25) is 0 Å². The van der Waals surface area contributed by atoms with Crippen LogP contribution in [0.15, 0.2) is 22.7 Å². The summed E-state index contributed by atoms with van der Waals surface area (Å²) in [6, 6.07) is 6.19. The van der Waals surface area contributed by atoms with Crippen LogP contribution < -0.4 is 0 Å². The van der Waals surface area contributed by atoms with Crippen LogP contribution in [-0.4, -0.2) is 10.1 Å². The lowest BCUT2D eigenvalue weighted by atomic mass is 10.1. The Balaban J connectivity index is 2.30. The van der Waals surface area contributed by atoms with Gasteiger partial charge in [0.15, 0.2) is 0 Å². The second kappa shape index (κ2) is 4.84. The van der Waals surface area contributed by atoms with E-state index >= 15 is 0 Å². The largest absolute Gasteiger partial charge is 0.339 e. The molecule has 3 nitrogen and oxygen atoms in total. The Bertz CT molecular complexity index is 564. The van der Waals surface area contributed by atoms with Gasteiger partial charge in [-0.05, 0) is 25.5 Å². The van der Waals surface area contributed by atoms with Gasteiger partial charge in [-0.25, -0.2) is 0 Å². The van der Waals surface area contributed by atoms with Crippen molar-refractivity contribution < 1.29 is 4.52 Å². The number of hydrogen-bond acceptors (Lipinski definition) is 3. The molecule has 0 saturated heterocycles. The Morgan fingerprint density at radius 2 is 2.18 bits per heavy atom. The molecule has 1 heterocycles. The molecule has 0 fully saturated rings. The van der Waals surface area contributed by atoms with E-state index in [-0.39, 0.29) is 0 Å². The summed E-state index contributed by atoms with van der Waals surface area (Å²) in [7, 11) is 0. The molecule has 1 aromatic carbocycles. The molecule has 0 amide bonds. The monoisotopic (exact) mass is 226 g/mol. The highest BCUT2D eigenvalue weighted by atomic mass is 16.5. The van der Waals surface area contributed by atoms with E-state index in [4.69, 9.17) is 10.9 Å². The lowest BCUT2D eigenvalue weighted by Gasteiger charge is -2.01. The van der Waals surface area contributed by atoms with Crippen molar-refractivity contribution in [3.05, 3.63) is 35.2 Å². The number of nitrogens with zero attached hydrogens (tertiary/aromatic N) is 2. The first-order chi connectivity index (χ1) is 8.20. The van der Waals surface area contributed by atoms with Gasteiger partial charge in [0.2, 0.25) is 11.7 Å². The lowest BCUT2D eigenvalue weighted by Crippen LogP contribution is -1.88. The molecule has 0 atom stereocenters. The Morgan fingerprint density at radius 3 is 2.94 bits per heavy atom. The Morgan fingerprint density at radius 1 is 1.35 bits per heavy atom. The smallest absolute Gasteiger partial charge is 0.227 e. The van der Waals surface area contributed by atoms with Gasteiger partial charge in [-0.3, -0.25) is 0 Å². The van der Waals surface area contributed by atoms with Crippen molar-refractivity contribution in [2.24, 2.45) is 0 Å². The molecule has 3 heteroatoms. The molecule has 17 heavy (non-hydrogen) atoms. The first-order valence-electron chi connectivity index (χ1n) is 5.54. The third-order valence-electron chi connectivity index (χ3n) is 2.59. The highest BCUT2D eigenvalue weighted by Crippen LogP contribution is 2.21. The topological polar surface area (TPSA) is 38.9 Å². The summed E-state index contributed by atoms with van der Waals surface area (Å²) in [5.41, 5.74) is 3.33. The van der Waals surface area contributed by atoms with Crippen molar-refractivity contribution in [2.45, 2.75) is 26.7 Å². The van der Waals surface area contributed by atoms with Crippen molar-refractivity contribution in [3.8, 4) is 23.7 Å². The molecule has 0 aliphatic carbocycles. The summed E-state index contributed by atoms with van der Waals surface area (Å²) in [5.74, 6) is 3.79. The van der Waals surface area contributed by atoms with Gasteiger partial charge in [0.1, 0.15) is 0 Å². The van der Waals surface area contributed by atoms with Gasteiger partial charge in [0.05, 0.1) is 0 Å². The van der Waals surface area contributed by atoms with Gasteiger partial charge in [-0.2, -0.15) is 4.98 Å². The molecule has 86 valence electrons. The third kappa shape index (κ3) is 2.54. The molecule has 0 spiro atoms. The maximum Gasteiger partial charge on any atom is 0.227 e. The fourth-order valence-corrected chi connectivity index (χ4v) is 1.62. The van der Waals surface area contributed by atoms with Crippen LogP contribution in [0.3, 0.4) is 0 Å². The van der Waals surface area contributed by atoms with Gasteiger partial charge >= 0.3 is 0 Å². The molecule has 1 aromatic heterocycles. The number of benzene rings is 1. The van der Waals surface area contributed by atoms with E-state index < -0.39 is 0 Å². The Labute approximate surface area is 101 Å². The fourth-order valence-electron chi connectivity index (χ4n) is 1.62. The van der Waals surface area contributed by atoms with Gasteiger partial charge in [-0.1, -0.05) is 22.9 Å². The second-order valence-electron chi connectivity index (χ2n) is 4.03. The summed E-state index contributed by atoms with van der Waals surface area (Å²) in [6.07, 6.45) is 6.45. The zero-order valence-corrected chi connectivity index (χ0v) is 10.0. The molecule has 0 bridgehead atoms. The van der Waals surface area contributed by atoms with Gasteiger partial charge in [0, 0.05) is 18.4 Å². The van der Waals surface area contributed by atoms with E-state index in [1.807, 2.05) is 13.8 Å². The standard InChI is InChI=1S/C14H14N2O/c1-4-5-6-13-15-14(16-17-13)12-9-10(2)7-8-11(12)3/h1,7-9H,5-6H2,2-3H3. The molecule has 2 aromatic rings. The van der Waals surface area contributed by atoms with E-state index in [1.54, 1.807) is 0 Å². The van der Waals surface area contributed by atoms with Crippen molar-refractivity contribution in [1.82, 2.24) is 10.1 Å². The third-order valence-corrected chi connectivity index (χ3v) is 2.59. The van der Waals surface area contributed by atoms with Gasteiger partial charge in [-0.15, -0.1) is 12.3 Å². The number of aryl methyl sites for hydroxylation is 3. The highest BCUT2D eigenvalue weighted by Gasteiger charge is 2.10. The van der Waals surface area contributed by atoms with Gasteiger partial charge in [0.25, 0.3) is 0 Å². The molecule has 0 unspecified atom stereocenters. The predicted molar refractivity (Wildman–Crippen MR) is 66.4 cm³/mol. The fraction of sp³-hybridized carbons (Fsp3) is 0.286. The normalized spacial score (nSPS) is 10.2. The van der Waals surface area contributed by atoms with Crippen molar-refractivity contribution in [3.63, 3.8) is 0 Å². The van der Waals surface area contributed by atoms with E-state index in [1.165, 1.54) is 5.56 Å². The van der Waals surface area contributed by atoms with Crippen LogP contribution >= 0.6 is 0 Å². The summed E-state index contributed by atoms with van der Waals surface area (Å²) in [6.45, 7) is 4.08. The van der Waals surface area contributed by atoms with Crippen molar-refractivity contribution in [2.75, 3.05) is 0 Å². The first kappa shape index (κ1) is 11.4.